The molecule has 444 valence electrons. The molecule has 0 radical (unpaired) electrons. The fourth-order valence-corrected chi connectivity index (χ4v) is 12.2. The number of nitrogens with two attached hydrogens (primary N) is 1. The van der Waals surface area contributed by atoms with Gasteiger partial charge in [-0.05, 0) is 87.7 Å². The average Bonchev–Trinajstić information content (AvgIpc) is 3.84. The second-order valence-electron chi connectivity index (χ2n) is 24.4. The van der Waals surface area contributed by atoms with E-state index in [2.05, 4.69) is 77.7 Å². The van der Waals surface area contributed by atoms with E-state index in [1.54, 1.807) is 24.9 Å². The largest absolute Gasteiger partial charge is 0.384 e. The van der Waals surface area contributed by atoms with Gasteiger partial charge in [-0.2, -0.15) is 39.9 Å². The Kier molecular flexibility index (Phi) is 20.3. The van der Waals surface area contributed by atoms with Crippen LogP contribution in [0.4, 0.5) is 11.6 Å². The van der Waals surface area contributed by atoms with Crippen LogP contribution in [0, 0.1) is 22.7 Å². The Hall–Kier alpha value is -7.13. The van der Waals surface area contributed by atoms with Gasteiger partial charge < -0.3 is 39.1 Å². The smallest absolute Gasteiger partial charge is 0.165 e. The third kappa shape index (κ3) is 15.4. The number of nitriles is 2. The molecule has 84 heavy (non-hydrogen) atoms. The Morgan fingerprint density at radius 3 is 1.43 bits per heavy atom. The van der Waals surface area contributed by atoms with Crippen LogP contribution in [0.1, 0.15) is 74.6 Å². The second kappa shape index (κ2) is 27.7. The van der Waals surface area contributed by atoms with E-state index in [4.69, 9.17) is 49.2 Å². The van der Waals surface area contributed by atoms with Crippen LogP contribution >= 0.6 is 0 Å². The Balaban J connectivity index is 0.000000216. The molecule has 10 rings (SSSR count). The van der Waals surface area contributed by atoms with Gasteiger partial charge in [-0.3, -0.25) is 0 Å². The van der Waals surface area contributed by atoms with Crippen molar-refractivity contribution in [2.45, 2.75) is 126 Å². The summed E-state index contributed by atoms with van der Waals surface area (Å²) in [5.41, 5.74) is 13.8. The molecule has 20 nitrogen and oxygen atoms in total. The van der Waals surface area contributed by atoms with Crippen LogP contribution in [0.15, 0.2) is 110 Å². The van der Waals surface area contributed by atoms with Crippen LogP contribution in [0.2, 0.25) is 51.4 Å². The van der Waals surface area contributed by atoms with E-state index in [9.17, 15) is 10.5 Å². The lowest BCUT2D eigenvalue weighted by Crippen LogP contribution is -2.36. The zero-order valence-corrected chi connectivity index (χ0v) is 52.1. The maximum absolute atomic E-state index is 10.1. The first kappa shape index (κ1) is 61.4. The van der Waals surface area contributed by atoms with Crippen LogP contribution < -0.4 is 10.6 Å². The van der Waals surface area contributed by atoms with Gasteiger partial charge in [-0.1, -0.05) is 75.7 Å². The summed E-state index contributed by atoms with van der Waals surface area (Å²) in [5.74, 6) is 1.77. The monoisotopic (exact) mass is 1170 g/mol. The molecule has 6 aromatic heterocycles. The third-order valence-electron chi connectivity index (χ3n) is 15.8. The molecule has 22 heteroatoms. The van der Waals surface area contributed by atoms with Gasteiger partial charge in [0.25, 0.3) is 0 Å². The number of aromatic nitrogens is 10. The number of hydrogen-bond donors (Lipinski definition) is 1. The number of nitrogen functional groups attached to an aromatic ring is 1. The van der Waals surface area contributed by atoms with Crippen molar-refractivity contribution in [3.05, 3.63) is 121 Å². The number of benzene rings is 2. The number of ether oxygens (including phenoxy) is 6. The van der Waals surface area contributed by atoms with Crippen molar-refractivity contribution in [2.75, 3.05) is 78.0 Å². The van der Waals surface area contributed by atoms with Crippen molar-refractivity contribution in [1.29, 1.82) is 10.5 Å². The Morgan fingerprint density at radius 2 is 1.00 bits per heavy atom. The molecule has 8 aromatic rings. The van der Waals surface area contributed by atoms with Crippen molar-refractivity contribution >= 4 is 39.1 Å². The minimum absolute atomic E-state index is 0.156. The molecule has 2 aliphatic rings. The molecule has 0 spiro atoms. The Labute approximate surface area is 495 Å². The highest BCUT2D eigenvalue weighted by Crippen LogP contribution is 2.42. The lowest BCUT2D eigenvalue weighted by molar-refractivity contribution is -0.0494. The molecule has 2 aliphatic carbocycles. The van der Waals surface area contributed by atoms with Crippen LogP contribution in [-0.4, -0.2) is 143 Å². The summed E-state index contributed by atoms with van der Waals surface area (Å²) in [6.07, 6.45) is 17.1. The quantitative estimate of drug-likeness (QED) is 0.0319. The van der Waals surface area contributed by atoms with E-state index in [0.717, 1.165) is 94.3 Å². The van der Waals surface area contributed by atoms with Gasteiger partial charge in [0.2, 0.25) is 0 Å². The molecule has 0 saturated heterocycles. The van der Waals surface area contributed by atoms with E-state index in [0.29, 0.717) is 90.3 Å². The predicted molar refractivity (Wildman–Crippen MR) is 331 cm³/mol. The molecular formula is C62H82N14O6Si2. The number of rotatable bonds is 25. The zero-order valence-electron chi connectivity index (χ0n) is 50.1. The summed E-state index contributed by atoms with van der Waals surface area (Å²) >= 11 is 0. The predicted octanol–water partition coefficient (Wildman–Crippen LogP) is 11.3. The number of hydrogen-bond acceptors (Lipinski definition) is 16. The second-order valence-corrected chi connectivity index (χ2v) is 35.7. The lowest BCUT2D eigenvalue weighted by atomic mass is 9.78. The van der Waals surface area contributed by atoms with Crippen molar-refractivity contribution in [3.63, 3.8) is 0 Å². The molecule has 2 N–H and O–H groups in total. The molecule has 0 unspecified atom stereocenters. The van der Waals surface area contributed by atoms with Crippen molar-refractivity contribution in [2.24, 2.45) is 0 Å². The fourth-order valence-electron chi connectivity index (χ4n) is 10.6. The Morgan fingerprint density at radius 1 is 0.571 bits per heavy atom. The summed E-state index contributed by atoms with van der Waals surface area (Å²) in [7, 11) is 0.746. The normalized spacial score (nSPS) is 19.2. The number of nitrogens with zero attached hydrogens (tertiary/aromatic N) is 13. The zero-order chi connectivity index (χ0) is 59.3. The number of methoxy groups -OCH3 is 2. The van der Waals surface area contributed by atoms with Gasteiger partial charge in [-0.15, -0.1) is 0 Å². The van der Waals surface area contributed by atoms with Crippen LogP contribution in [0.5, 0.6) is 0 Å². The number of fused-ring (bicyclic) bond motifs is 2. The van der Waals surface area contributed by atoms with E-state index < -0.39 is 27.3 Å². The third-order valence-corrected chi connectivity index (χ3v) is 19.2. The highest BCUT2D eigenvalue weighted by Gasteiger charge is 2.39. The van der Waals surface area contributed by atoms with Gasteiger partial charge in [0.1, 0.15) is 25.1 Å². The summed E-state index contributed by atoms with van der Waals surface area (Å²) in [6, 6.07) is 31.1. The molecule has 2 fully saturated rings. The van der Waals surface area contributed by atoms with Gasteiger partial charge in [0.15, 0.2) is 22.5 Å². The van der Waals surface area contributed by atoms with Gasteiger partial charge in [-0.25, -0.2) is 19.3 Å². The van der Waals surface area contributed by atoms with Crippen LogP contribution in [-0.2, 0) is 28.4 Å². The molecule has 6 heterocycles. The topological polar surface area (TPSA) is 228 Å². The van der Waals surface area contributed by atoms with Crippen molar-refractivity contribution < 1.29 is 28.4 Å². The standard InChI is InChI=1S/C37H55N7O4Si2.C25H27N7O2/c1-45-17-18-48-37(27-38)15-13-30(14-16-37)34-23-35(42(28-46-19-21-49(2,3)4)29-47-20-22-50(5,6)7)44-36(41-34)33(25-40-44)31-24-39-43(26-31)32-11-9-8-10-12-32;1-33-11-12-34-25(17-26)9-7-18(8-10-25)22-13-23(27)32-24(30-22)21(15-29-32)19-14-28-31(16-19)20-5-3-2-4-6-20/h8-12,23-26,30H,13-22,28-29H2,1-7H3;2-6,13-16,18H,7-12,27H2,1H3. The van der Waals surface area contributed by atoms with E-state index in [1.165, 1.54) is 0 Å². The van der Waals surface area contributed by atoms with Crippen molar-refractivity contribution in [3.8, 4) is 45.8 Å². The summed E-state index contributed by atoms with van der Waals surface area (Å²) in [5, 5.41) is 38.4. The van der Waals surface area contributed by atoms with Gasteiger partial charge >= 0.3 is 0 Å². The number of anilines is 2. The molecule has 2 saturated carbocycles. The summed E-state index contributed by atoms with van der Waals surface area (Å²) < 4.78 is 42.2. The molecule has 0 aliphatic heterocycles. The first-order chi connectivity index (χ1) is 40.5. The van der Waals surface area contributed by atoms with Crippen LogP contribution in [0.25, 0.3) is 44.9 Å². The molecule has 0 atom stereocenters. The van der Waals surface area contributed by atoms with E-state index in [-0.39, 0.29) is 11.8 Å². The van der Waals surface area contributed by atoms with E-state index in [1.807, 2.05) is 112 Å². The first-order valence-corrected chi connectivity index (χ1v) is 36.7. The summed E-state index contributed by atoms with van der Waals surface area (Å²) in [4.78, 5) is 12.4. The minimum atomic E-state index is -1.26. The number of para-hydroxylation sites is 2. The average molecular weight is 1180 g/mol. The molecule has 0 amide bonds. The highest BCUT2D eigenvalue weighted by molar-refractivity contribution is 6.76. The highest BCUT2D eigenvalue weighted by atomic mass is 28.3. The van der Waals surface area contributed by atoms with Gasteiger partial charge in [0.05, 0.1) is 74.7 Å². The SMILES string of the molecule is COCCOC1(C#N)CCC(c2cc(N(COCC[Si](C)(C)C)COCC[Si](C)(C)C)n3ncc(-c4cnn(-c5ccccc5)c4)c3n2)CC1.COCCOC1(C#N)CCC(c2cc(N)n3ncc(-c4cnn(-c5ccccc5)c4)c3n2)CC1. The summed E-state index contributed by atoms with van der Waals surface area (Å²) in [6.45, 7) is 18.1. The molecule has 2 aromatic carbocycles. The fraction of sp³-hybridized carbons (Fsp3) is 0.484. The molecule has 0 bridgehead atoms. The lowest BCUT2D eigenvalue weighted by Gasteiger charge is -2.35. The molecular weight excluding hydrogens is 1090 g/mol. The van der Waals surface area contributed by atoms with E-state index >= 15 is 0 Å². The maximum Gasteiger partial charge on any atom is 0.165 e. The van der Waals surface area contributed by atoms with Gasteiger partial charge in [0, 0.05) is 114 Å². The van der Waals surface area contributed by atoms with Crippen LogP contribution in [0.3, 0.4) is 0 Å². The van der Waals surface area contributed by atoms with Crippen molar-refractivity contribution in [1.82, 2.24) is 48.8 Å². The maximum atomic E-state index is 10.1. The Bertz CT molecular complexity index is 3450. The minimum Gasteiger partial charge on any atom is -0.384 e. The first-order valence-electron chi connectivity index (χ1n) is 29.3.